The Morgan fingerprint density at radius 3 is 2.39 bits per heavy atom. The van der Waals surface area contributed by atoms with Crippen LogP contribution in [0.15, 0.2) is 48.5 Å². The number of carbonyl (C=O) groups excluding carboxylic acids is 1. The molecule has 0 aliphatic heterocycles. The van der Waals surface area contributed by atoms with Crippen molar-refractivity contribution in [1.82, 2.24) is 9.97 Å². The van der Waals surface area contributed by atoms with Crippen LogP contribution in [-0.4, -0.2) is 23.0 Å². The number of aromatic nitrogens is 2. The minimum atomic E-state index is -0.429. The van der Waals surface area contributed by atoms with Gasteiger partial charge in [0.15, 0.2) is 0 Å². The summed E-state index contributed by atoms with van der Waals surface area (Å²) in [6, 6.07) is 14.7. The monoisotopic (exact) mass is 308 g/mol. The number of rotatable bonds is 4. The van der Waals surface area contributed by atoms with Gasteiger partial charge < -0.3 is 9.47 Å². The standard InChI is InChI=1S/C18H16N2O3/c1-12-16(20-15-9-5-4-8-14(15)19-12)11-23-17-10-6-3-7-13(17)18(21)22-2/h3-10H,11H2,1-2H3. The number of nitrogens with zero attached hydrogens (tertiary/aromatic N) is 2. The molecular formula is C18H16N2O3. The number of carbonyl (C=O) groups is 1. The summed E-state index contributed by atoms with van der Waals surface area (Å²) < 4.78 is 10.5. The van der Waals surface area contributed by atoms with E-state index in [4.69, 9.17) is 9.47 Å². The summed E-state index contributed by atoms with van der Waals surface area (Å²) in [7, 11) is 1.35. The van der Waals surface area contributed by atoms with Crippen LogP contribution in [-0.2, 0) is 11.3 Å². The van der Waals surface area contributed by atoms with Gasteiger partial charge in [-0.1, -0.05) is 24.3 Å². The molecule has 2 aromatic carbocycles. The summed E-state index contributed by atoms with van der Waals surface area (Å²) in [5.74, 6) is 0.0376. The normalized spacial score (nSPS) is 10.5. The van der Waals surface area contributed by atoms with Crippen LogP contribution in [0.25, 0.3) is 11.0 Å². The van der Waals surface area contributed by atoms with Gasteiger partial charge in [0, 0.05) is 0 Å². The Kier molecular flexibility index (Phi) is 4.19. The highest BCUT2D eigenvalue weighted by Crippen LogP contribution is 2.21. The van der Waals surface area contributed by atoms with Crippen LogP contribution < -0.4 is 4.74 Å². The Morgan fingerprint density at radius 2 is 1.65 bits per heavy atom. The van der Waals surface area contributed by atoms with E-state index in [0.717, 1.165) is 22.4 Å². The van der Waals surface area contributed by atoms with Crippen LogP contribution in [0.1, 0.15) is 21.7 Å². The predicted octanol–water partition coefficient (Wildman–Crippen LogP) is 3.30. The van der Waals surface area contributed by atoms with Gasteiger partial charge in [0.25, 0.3) is 0 Å². The zero-order chi connectivity index (χ0) is 16.2. The van der Waals surface area contributed by atoms with Gasteiger partial charge in [0.1, 0.15) is 17.9 Å². The van der Waals surface area contributed by atoms with E-state index in [1.165, 1.54) is 7.11 Å². The van der Waals surface area contributed by atoms with E-state index >= 15 is 0 Å². The molecule has 0 aliphatic rings. The molecule has 0 radical (unpaired) electrons. The fourth-order valence-electron chi connectivity index (χ4n) is 2.28. The highest BCUT2D eigenvalue weighted by molar-refractivity contribution is 5.92. The molecule has 3 rings (SSSR count). The Hall–Kier alpha value is -2.95. The van der Waals surface area contributed by atoms with Gasteiger partial charge in [0.05, 0.1) is 29.5 Å². The average Bonchev–Trinajstić information content (AvgIpc) is 2.59. The molecule has 5 heteroatoms. The third-order valence-electron chi connectivity index (χ3n) is 3.50. The zero-order valence-corrected chi connectivity index (χ0v) is 12.9. The zero-order valence-electron chi connectivity index (χ0n) is 12.9. The van der Waals surface area contributed by atoms with Crippen LogP contribution in [0, 0.1) is 6.92 Å². The van der Waals surface area contributed by atoms with Crippen molar-refractivity contribution in [3.05, 3.63) is 65.5 Å². The van der Waals surface area contributed by atoms with E-state index in [2.05, 4.69) is 9.97 Å². The first-order valence-corrected chi connectivity index (χ1v) is 7.21. The summed E-state index contributed by atoms with van der Waals surface area (Å²) >= 11 is 0. The second kappa shape index (κ2) is 6.44. The second-order valence-corrected chi connectivity index (χ2v) is 5.02. The Morgan fingerprint density at radius 1 is 1.00 bits per heavy atom. The third-order valence-corrected chi connectivity index (χ3v) is 3.50. The fourth-order valence-corrected chi connectivity index (χ4v) is 2.28. The lowest BCUT2D eigenvalue weighted by Gasteiger charge is -2.11. The van der Waals surface area contributed by atoms with Crippen molar-refractivity contribution in [1.29, 1.82) is 0 Å². The lowest BCUT2D eigenvalue weighted by atomic mass is 10.2. The van der Waals surface area contributed by atoms with Crippen molar-refractivity contribution in [2.24, 2.45) is 0 Å². The van der Waals surface area contributed by atoms with Crippen LogP contribution in [0.4, 0.5) is 0 Å². The molecule has 5 nitrogen and oxygen atoms in total. The molecular weight excluding hydrogens is 292 g/mol. The van der Waals surface area contributed by atoms with Crippen LogP contribution in [0.3, 0.4) is 0 Å². The average molecular weight is 308 g/mol. The van der Waals surface area contributed by atoms with E-state index in [1.54, 1.807) is 24.3 Å². The van der Waals surface area contributed by atoms with E-state index < -0.39 is 5.97 Å². The molecule has 0 saturated carbocycles. The van der Waals surface area contributed by atoms with E-state index in [9.17, 15) is 4.79 Å². The molecule has 3 aromatic rings. The number of esters is 1. The van der Waals surface area contributed by atoms with E-state index in [-0.39, 0.29) is 6.61 Å². The van der Waals surface area contributed by atoms with Crippen LogP contribution >= 0.6 is 0 Å². The number of hydrogen-bond acceptors (Lipinski definition) is 5. The van der Waals surface area contributed by atoms with Crippen molar-refractivity contribution in [3.8, 4) is 5.75 Å². The maximum Gasteiger partial charge on any atom is 0.341 e. The highest BCUT2D eigenvalue weighted by atomic mass is 16.5. The third kappa shape index (κ3) is 3.13. The minimum Gasteiger partial charge on any atom is -0.486 e. The number of hydrogen-bond donors (Lipinski definition) is 0. The molecule has 0 amide bonds. The predicted molar refractivity (Wildman–Crippen MR) is 86.4 cm³/mol. The van der Waals surface area contributed by atoms with Crippen molar-refractivity contribution < 1.29 is 14.3 Å². The van der Waals surface area contributed by atoms with Gasteiger partial charge in [-0.2, -0.15) is 0 Å². The first-order chi connectivity index (χ1) is 11.2. The quantitative estimate of drug-likeness (QED) is 0.692. The first-order valence-electron chi connectivity index (χ1n) is 7.21. The topological polar surface area (TPSA) is 61.3 Å². The molecule has 0 saturated heterocycles. The summed E-state index contributed by atoms with van der Waals surface area (Å²) in [4.78, 5) is 20.9. The molecule has 1 aromatic heterocycles. The summed E-state index contributed by atoms with van der Waals surface area (Å²) in [6.07, 6.45) is 0. The van der Waals surface area contributed by atoms with Crippen molar-refractivity contribution >= 4 is 17.0 Å². The number of ether oxygens (including phenoxy) is 2. The number of benzene rings is 2. The number of para-hydroxylation sites is 3. The number of fused-ring (bicyclic) bond motifs is 1. The highest BCUT2D eigenvalue weighted by Gasteiger charge is 2.13. The van der Waals surface area contributed by atoms with Crippen LogP contribution in [0.2, 0.25) is 0 Å². The molecule has 23 heavy (non-hydrogen) atoms. The molecule has 0 aliphatic carbocycles. The minimum absolute atomic E-state index is 0.234. The smallest absolute Gasteiger partial charge is 0.341 e. The molecule has 116 valence electrons. The molecule has 1 heterocycles. The number of aryl methyl sites for hydroxylation is 1. The molecule has 0 atom stereocenters. The molecule has 0 fully saturated rings. The lowest BCUT2D eigenvalue weighted by Crippen LogP contribution is -2.08. The van der Waals surface area contributed by atoms with Crippen molar-refractivity contribution in [2.45, 2.75) is 13.5 Å². The molecule has 0 unspecified atom stereocenters. The molecule has 0 bridgehead atoms. The Balaban J connectivity index is 1.87. The van der Waals surface area contributed by atoms with Gasteiger partial charge in [-0.05, 0) is 31.2 Å². The van der Waals surface area contributed by atoms with Gasteiger partial charge in [0.2, 0.25) is 0 Å². The summed E-state index contributed by atoms with van der Waals surface area (Å²) in [5, 5.41) is 0. The van der Waals surface area contributed by atoms with Crippen molar-refractivity contribution in [3.63, 3.8) is 0 Å². The van der Waals surface area contributed by atoms with E-state index in [1.807, 2.05) is 31.2 Å². The largest absolute Gasteiger partial charge is 0.486 e. The van der Waals surface area contributed by atoms with Crippen LogP contribution in [0.5, 0.6) is 5.75 Å². The first kappa shape index (κ1) is 15.0. The lowest BCUT2D eigenvalue weighted by molar-refractivity contribution is 0.0595. The summed E-state index contributed by atoms with van der Waals surface area (Å²) in [6.45, 7) is 2.13. The van der Waals surface area contributed by atoms with Crippen molar-refractivity contribution in [2.75, 3.05) is 7.11 Å². The van der Waals surface area contributed by atoms with E-state index in [0.29, 0.717) is 11.3 Å². The number of methoxy groups -OCH3 is 1. The fraction of sp³-hybridized carbons (Fsp3) is 0.167. The maximum atomic E-state index is 11.8. The van der Waals surface area contributed by atoms with Gasteiger partial charge in [-0.15, -0.1) is 0 Å². The molecule has 0 N–H and O–H groups in total. The second-order valence-electron chi connectivity index (χ2n) is 5.02. The Labute approximate surface area is 133 Å². The Bertz CT molecular complexity index is 862. The SMILES string of the molecule is COC(=O)c1ccccc1OCc1nc2ccccc2nc1C. The van der Waals surface area contributed by atoms with Gasteiger partial charge in [-0.3, -0.25) is 0 Å². The van der Waals surface area contributed by atoms with Gasteiger partial charge >= 0.3 is 5.97 Å². The molecule has 0 spiro atoms. The maximum absolute atomic E-state index is 11.8. The van der Waals surface area contributed by atoms with Gasteiger partial charge in [-0.25, -0.2) is 14.8 Å². The summed E-state index contributed by atoms with van der Waals surface area (Å²) in [5.41, 5.74) is 3.60.